The first-order valence-electron chi connectivity index (χ1n) is 9.01. The van der Waals surface area contributed by atoms with Gasteiger partial charge < -0.3 is 9.26 Å². The zero-order valence-electron chi connectivity index (χ0n) is 15.5. The first-order valence-corrected chi connectivity index (χ1v) is 10.5. The van der Waals surface area contributed by atoms with Crippen LogP contribution in [-0.2, 0) is 25.0 Å². The summed E-state index contributed by atoms with van der Waals surface area (Å²) in [5.41, 5.74) is 0.232. The Hall–Kier alpha value is -2.52. The summed E-state index contributed by atoms with van der Waals surface area (Å²) >= 11 is 0. The number of H-pyrrole nitrogens is 1. The van der Waals surface area contributed by atoms with E-state index in [1.807, 2.05) is 19.1 Å². The van der Waals surface area contributed by atoms with Crippen molar-refractivity contribution in [1.29, 1.82) is 0 Å². The fraction of sp³-hybridized carbons (Fsp3) is 0.389. The first kappa shape index (κ1) is 19.8. The molecule has 0 saturated carbocycles. The average molecular weight is 422 g/mol. The quantitative estimate of drug-likeness (QED) is 0.573. The minimum absolute atomic E-state index is 0.0619. The molecule has 2 aliphatic rings. The van der Waals surface area contributed by atoms with E-state index in [-0.39, 0.29) is 18.8 Å². The smallest absolute Gasteiger partial charge is 0.404 e. The molecule has 2 aromatic rings. The Bertz CT molecular complexity index is 1110. The topological polar surface area (TPSA) is 126 Å². The van der Waals surface area contributed by atoms with Crippen molar-refractivity contribution in [3.05, 3.63) is 61.9 Å². The second kappa shape index (κ2) is 7.72. The molecular formula is C18H19N2O8P. The Morgan fingerprint density at radius 2 is 2.17 bits per heavy atom. The molecule has 29 heavy (non-hydrogen) atoms. The van der Waals surface area contributed by atoms with E-state index >= 15 is 0 Å². The van der Waals surface area contributed by atoms with Gasteiger partial charge in [-0.3, -0.25) is 28.2 Å². The van der Waals surface area contributed by atoms with Crippen molar-refractivity contribution in [3.63, 3.8) is 0 Å². The Kier molecular flexibility index (Phi) is 5.26. The number of fused-ring (bicyclic) bond motifs is 1. The molecule has 1 fully saturated rings. The highest BCUT2D eigenvalue weighted by Crippen LogP contribution is 2.54. The molecule has 1 saturated heterocycles. The minimum Gasteiger partial charge on any atom is -0.404 e. The predicted octanol–water partition coefficient (Wildman–Crippen LogP) is 2.07. The number of aldehydes is 1. The molecule has 3 heterocycles. The predicted molar refractivity (Wildman–Crippen MR) is 100 cm³/mol. The van der Waals surface area contributed by atoms with Crippen LogP contribution in [0.4, 0.5) is 0 Å². The SMILES string of the molecule is Cc1ccc2c(c1)COP(=O)(OCC1CCC(n3cc(C=O)c(=O)[nH]c3=O)O1)O2. The summed E-state index contributed by atoms with van der Waals surface area (Å²) in [5.74, 6) is 0.455. The summed E-state index contributed by atoms with van der Waals surface area (Å²) in [6.07, 6.45) is 1.36. The summed E-state index contributed by atoms with van der Waals surface area (Å²) in [6, 6.07) is 5.45. The van der Waals surface area contributed by atoms with Crippen LogP contribution in [0.15, 0.2) is 34.0 Å². The third kappa shape index (κ3) is 4.11. The van der Waals surface area contributed by atoms with Crippen LogP contribution in [0.1, 0.15) is 40.6 Å². The number of phosphoric ester groups is 1. The van der Waals surface area contributed by atoms with E-state index in [9.17, 15) is 18.9 Å². The van der Waals surface area contributed by atoms with E-state index in [0.717, 1.165) is 21.9 Å². The number of rotatable bonds is 5. The standard InChI is InChI=1S/C18H19N2O8P/c1-11-2-4-15-12(6-11)9-25-29(24,28-15)26-10-14-3-5-16(27-14)20-7-13(8-21)17(22)19-18(20)23/h2,4,6-8,14,16H,3,5,9-10H2,1H3,(H,19,22,23). The maximum Gasteiger partial charge on any atom is 0.530 e. The van der Waals surface area contributed by atoms with Crippen LogP contribution in [-0.4, -0.2) is 28.5 Å². The molecule has 0 amide bonds. The summed E-state index contributed by atoms with van der Waals surface area (Å²) in [5, 5.41) is 0. The number of hydrogen-bond acceptors (Lipinski definition) is 8. The Balaban J connectivity index is 1.39. The number of aromatic nitrogens is 2. The molecule has 0 radical (unpaired) electrons. The number of nitrogens with zero attached hydrogens (tertiary/aromatic N) is 1. The second-order valence-electron chi connectivity index (χ2n) is 6.88. The van der Waals surface area contributed by atoms with Gasteiger partial charge in [0.05, 0.1) is 24.9 Å². The number of aryl methyl sites for hydroxylation is 1. The lowest BCUT2D eigenvalue weighted by molar-refractivity contribution is -0.0264. The molecule has 0 aliphatic carbocycles. The molecule has 3 unspecified atom stereocenters. The number of nitrogens with one attached hydrogen (secondary N) is 1. The lowest BCUT2D eigenvalue weighted by atomic mass is 10.1. The summed E-state index contributed by atoms with van der Waals surface area (Å²) in [7, 11) is -3.78. The number of ether oxygens (including phenoxy) is 1. The van der Waals surface area contributed by atoms with Gasteiger partial charge in [0.15, 0.2) is 6.29 Å². The van der Waals surface area contributed by atoms with Crippen molar-refractivity contribution in [2.45, 2.75) is 38.7 Å². The molecule has 10 nitrogen and oxygen atoms in total. The number of carbonyl (C=O) groups is 1. The number of carbonyl (C=O) groups excluding carboxylic acids is 1. The van der Waals surface area contributed by atoms with Gasteiger partial charge in [-0.15, -0.1) is 0 Å². The van der Waals surface area contributed by atoms with Gasteiger partial charge >= 0.3 is 13.5 Å². The fourth-order valence-electron chi connectivity index (χ4n) is 3.26. The van der Waals surface area contributed by atoms with Crippen molar-refractivity contribution < 1.29 is 27.7 Å². The van der Waals surface area contributed by atoms with Crippen LogP contribution in [0.3, 0.4) is 0 Å². The Morgan fingerprint density at radius 1 is 1.34 bits per heavy atom. The molecule has 2 aliphatic heterocycles. The van der Waals surface area contributed by atoms with Crippen LogP contribution >= 0.6 is 7.82 Å². The van der Waals surface area contributed by atoms with Crippen molar-refractivity contribution in [1.82, 2.24) is 9.55 Å². The van der Waals surface area contributed by atoms with E-state index in [1.165, 1.54) is 0 Å². The largest absolute Gasteiger partial charge is 0.530 e. The zero-order chi connectivity index (χ0) is 20.6. The number of phosphoric acid groups is 1. The fourth-order valence-corrected chi connectivity index (χ4v) is 4.50. The van der Waals surface area contributed by atoms with E-state index < -0.39 is 31.4 Å². The maximum atomic E-state index is 12.7. The lowest BCUT2D eigenvalue weighted by Crippen LogP contribution is -2.34. The molecule has 4 rings (SSSR count). The monoisotopic (exact) mass is 422 g/mol. The third-order valence-electron chi connectivity index (χ3n) is 4.74. The average Bonchev–Trinajstić information content (AvgIpc) is 3.16. The molecule has 11 heteroatoms. The minimum atomic E-state index is -3.78. The van der Waals surface area contributed by atoms with Crippen LogP contribution < -0.4 is 15.8 Å². The lowest BCUT2D eigenvalue weighted by Gasteiger charge is -2.26. The van der Waals surface area contributed by atoms with Crippen molar-refractivity contribution in [3.8, 4) is 5.75 Å². The van der Waals surface area contributed by atoms with E-state index in [2.05, 4.69) is 4.98 Å². The van der Waals surface area contributed by atoms with Crippen LogP contribution in [0.5, 0.6) is 5.75 Å². The van der Waals surface area contributed by atoms with Crippen LogP contribution in [0.2, 0.25) is 0 Å². The molecule has 154 valence electrons. The van der Waals surface area contributed by atoms with Crippen molar-refractivity contribution >= 4 is 14.1 Å². The van der Waals surface area contributed by atoms with Gasteiger partial charge in [-0.2, -0.15) is 0 Å². The second-order valence-corrected chi connectivity index (χ2v) is 8.47. The molecule has 0 spiro atoms. The van der Waals surface area contributed by atoms with Gasteiger partial charge in [0, 0.05) is 11.8 Å². The molecule has 1 aromatic carbocycles. The number of aromatic amines is 1. The van der Waals surface area contributed by atoms with E-state index in [0.29, 0.717) is 24.9 Å². The third-order valence-corrected chi connectivity index (χ3v) is 6.07. The highest BCUT2D eigenvalue weighted by Gasteiger charge is 2.37. The molecule has 0 bridgehead atoms. The normalized spacial score (nSPS) is 26.0. The van der Waals surface area contributed by atoms with Crippen LogP contribution in [0, 0.1) is 6.92 Å². The van der Waals surface area contributed by atoms with Gasteiger partial charge in [-0.05, 0) is 25.8 Å². The summed E-state index contributed by atoms with van der Waals surface area (Å²) in [6.45, 7) is 1.99. The molecule has 3 atom stereocenters. The van der Waals surface area contributed by atoms with E-state index in [1.54, 1.807) is 6.07 Å². The van der Waals surface area contributed by atoms with Gasteiger partial charge in [0.2, 0.25) is 0 Å². The van der Waals surface area contributed by atoms with Crippen LogP contribution in [0.25, 0.3) is 0 Å². The Labute approximate surface area is 165 Å². The number of benzene rings is 1. The van der Waals surface area contributed by atoms with Crippen molar-refractivity contribution in [2.75, 3.05) is 6.61 Å². The number of hydrogen-bond donors (Lipinski definition) is 1. The summed E-state index contributed by atoms with van der Waals surface area (Å²) in [4.78, 5) is 36.5. The maximum absolute atomic E-state index is 12.7. The molecule has 1 N–H and O–H groups in total. The highest BCUT2D eigenvalue weighted by molar-refractivity contribution is 7.49. The van der Waals surface area contributed by atoms with E-state index in [4.69, 9.17) is 18.3 Å². The molecular weight excluding hydrogens is 403 g/mol. The Morgan fingerprint density at radius 3 is 2.97 bits per heavy atom. The highest BCUT2D eigenvalue weighted by atomic mass is 31.2. The first-order chi connectivity index (χ1) is 13.9. The summed E-state index contributed by atoms with van der Waals surface area (Å²) < 4.78 is 35.8. The zero-order valence-corrected chi connectivity index (χ0v) is 16.4. The molecule has 1 aromatic heterocycles. The van der Waals surface area contributed by atoms with Crippen molar-refractivity contribution in [2.24, 2.45) is 0 Å². The van der Waals surface area contributed by atoms with Gasteiger partial charge in [-0.1, -0.05) is 17.7 Å². The van der Waals surface area contributed by atoms with Gasteiger partial charge in [0.1, 0.15) is 12.0 Å². The van der Waals surface area contributed by atoms with Gasteiger partial charge in [-0.25, -0.2) is 9.36 Å². The van der Waals surface area contributed by atoms with Gasteiger partial charge in [0.25, 0.3) is 5.56 Å².